The number of nitrogens with two attached hydrogens (primary N) is 1. The van der Waals surface area contributed by atoms with Gasteiger partial charge in [0.1, 0.15) is 4.32 Å². The van der Waals surface area contributed by atoms with E-state index in [0.29, 0.717) is 4.32 Å². The number of aryl methyl sites for hydroxylation is 1. The van der Waals surface area contributed by atoms with Crippen LogP contribution in [0.4, 0.5) is 0 Å². The average molecular weight is 261 g/mol. The van der Waals surface area contributed by atoms with Gasteiger partial charge in [0.15, 0.2) is 0 Å². The topological polar surface area (TPSA) is 26.0 Å². The number of thiocarbonyl (C=S) groups is 1. The van der Waals surface area contributed by atoms with E-state index in [1.54, 1.807) is 0 Å². The van der Waals surface area contributed by atoms with Crippen LogP contribution in [0.1, 0.15) is 12.5 Å². The minimum atomic E-state index is 0. The summed E-state index contributed by atoms with van der Waals surface area (Å²) in [5.74, 6) is 0. The van der Waals surface area contributed by atoms with Crippen molar-refractivity contribution in [2.45, 2.75) is 18.2 Å². The first-order valence-electron chi connectivity index (χ1n) is 3.79. The van der Waals surface area contributed by atoms with Crippen LogP contribution in [0.3, 0.4) is 0 Å². The molecule has 13 heavy (non-hydrogen) atoms. The first-order valence-corrected chi connectivity index (χ1v) is 5.01. The number of hydrogen-bond acceptors (Lipinski definition) is 2. The third-order valence-electron chi connectivity index (χ3n) is 1.56. The number of thioether (sulfide) groups is 1. The van der Waals surface area contributed by atoms with Gasteiger partial charge in [-0.15, -0.1) is 0 Å². The van der Waals surface area contributed by atoms with E-state index in [4.69, 9.17) is 18.0 Å². The molecule has 1 rings (SSSR count). The van der Waals surface area contributed by atoms with E-state index < -0.39 is 0 Å². The Bertz CT molecular complexity index is 289. The van der Waals surface area contributed by atoms with Crippen molar-refractivity contribution in [2.24, 2.45) is 5.73 Å². The summed E-state index contributed by atoms with van der Waals surface area (Å²) in [5.41, 5.74) is 6.74. The van der Waals surface area contributed by atoms with Crippen LogP contribution in [-0.4, -0.2) is 4.32 Å². The molecule has 0 saturated carbocycles. The molecule has 0 aliphatic carbocycles. The van der Waals surface area contributed by atoms with Crippen LogP contribution >= 0.6 is 24.0 Å². The molecule has 1 aromatic rings. The van der Waals surface area contributed by atoms with E-state index in [9.17, 15) is 0 Å². The van der Waals surface area contributed by atoms with Gasteiger partial charge in [-0.25, -0.2) is 0 Å². The van der Waals surface area contributed by atoms with Gasteiger partial charge >= 0.3 is 0 Å². The quantitative estimate of drug-likeness (QED) is 0.503. The van der Waals surface area contributed by atoms with E-state index in [1.165, 1.54) is 22.2 Å². The van der Waals surface area contributed by atoms with Gasteiger partial charge in [-0.1, -0.05) is 49.1 Å². The molecule has 0 unspecified atom stereocenters. The second kappa shape index (κ2) is 6.44. The van der Waals surface area contributed by atoms with Crippen LogP contribution in [0.15, 0.2) is 29.2 Å². The first-order chi connectivity index (χ1) is 5.74. The molecule has 4 heteroatoms. The fourth-order valence-corrected chi connectivity index (χ4v) is 1.98. The smallest absolute Gasteiger partial charge is 0.136 e. The molecule has 1 aromatic carbocycles. The van der Waals surface area contributed by atoms with Crippen molar-refractivity contribution in [1.29, 1.82) is 0 Å². The fraction of sp³-hybridized carbons (Fsp3) is 0.222. The van der Waals surface area contributed by atoms with Gasteiger partial charge < -0.3 is 5.73 Å². The third-order valence-corrected chi connectivity index (χ3v) is 2.63. The van der Waals surface area contributed by atoms with Gasteiger partial charge in [-0.2, -0.15) is 0 Å². The minimum absolute atomic E-state index is 0. The Balaban J connectivity index is 0.00000144. The zero-order valence-electron chi connectivity index (χ0n) is 7.21. The summed E-state index contributed by atoms with van der Waals surface area (Å²) in [6.45, 7) is 2.12. The summed E-state index contributed by atoms with van der Waals surface area (Å²) in [6.07, 6.45) is 1.02. The molecular weight excluding hydrogens is 250 g/mol. The minimum Gasteiger partial charge on any atom is -0.384 e. The van der Waals surface area contributed by atoms with Crippen molar-refractivity contribution in [3.05, 3.63) is 29.8 Å². The van der Waals surface area contributed by atoms with E-state index >= 15 is 0 Å². The van der Waals surface area contributed by atoms with Crippen LogP contribution in [0.25, 0.3) is 0 Å². The molecule has 0 aliphatic rings. The van der Waals surface area contributed by atoms with Gasteiger partial charge in [-0.05, 0) is 18.1 Å². The van der Waals surface area contributed by atoms with E-state index in [2.05, 4.69) is 13.0 Å². The average Bonchev–Trinajstić information content (AvgIpc) is 2.04. The van der Waals surface area contributed by atoms with Crippen molar-refractivity contribution in [3.8, 4) is 0 Å². The maximum absolute atomic E-state index is 5.44. The summed E-state index contributed by atoms with van der Waals surface area (Å²) in [5, 5.41) is 0. The van der Waals surface area contributed by atoms with Crippen LogP contribution in [-0.2, 0) is 23.5 Å². The molecule has 0 aromatic heterocycles. The standard InChI is InChI=1S/C9H11NS2.Cu/c1-2-7-5-3-4-6-8(7)12-9(10)11;/h3-6H,2H2,1H3,(H2,10,11);. The molecule has 0 fully saturated rings. The molecule has 0 bridgehead atoms. The van der Waals surface area contributed by atoms with Crippen molar-refractivity contribution in [1.82, 2.24) is 0 Å². The fourth-order valence-electron chi connectivity index (χ4n) is 1.00. The van der Waals surface area contributed by atoms with Crippen molar-refractivity contribution < 1.29 is 17.1 Å². The summed E-state index contributed by atoms with van der Waals surface area (Å²) in [4.78, 5) is 1.17. The van der Waals surface area contributed by atoms with Gasteiger partial charge in [0.05, 0.1) is 0 Å². The van der Waals surface area contributed by atoms with Crippen LogP contribution in [0, 0.1) is 0 Å². The Morgan fingerprint density at radius 2 is 2.08 bits per heavy atom. The molecule has 0 spiro atoms. The molecule has 0 amide bonds. The first kappa shape index (κ1) is 13.0. The van der Waals surface area contributed by atoms with Crippen LogP contribution < -0.4 is 5.73 Å². The third kappa shape index (κ3) is 4.14. The molecule has 75 valence electrons. The summed E-state index contributed by atoms with van der Waals surface area (Å²) < 4.78 is 0.482. The van der Waals surface area contributed by atoms with Gasteiger partial charge in [-0.3, -0.25) is 0 Å². The summed E-state index contributed by atoms with van der Waals surface area (Å²) in [6, 6.07) is 8.17. The molecular formula is C9H11CuNS2. The Kier molecular flexibility index (Phi) is 6.43. The van der Waals surface area contributed by atoms with E-state index in [-0.39, 0.29) is 17.1 Å². The predicted octanol–water partition coefficient (Wildman–Crippen LogP) is 2.58. The van der Waals surface area contributed by atoms with Crippen LogP contribution in [0.5, 0.6) is 0 Å². The summed E-state index contributed by atoms with van der Waals surface area (Å²) in [7, 11) is 0. The number of benzene rings is 1. The molecule has 2 N–H and O–H groups in total. The van der Waals surface area contributed by atoms with Crippen molar-refractivity contribution >= 4 is 28.3 Å². The Hall–Kier alpha value is -0.0205. The molecule has 0 saturated heterocycles. The normalized spacial score (nSPS) is 9.00. The monoisotopic (exact) mass is 260 g/mol. The number of rotatable bonds is 2. The Labute approximate surface area is 98.9 Å². The van der Waals surface area contributed by atoms with Gasteiger partial charge in [0, 0.05) is 22.0 Å². The SMILES string of the molecule is CCc1ccccc1SC(N)=S.[Cu]. The Morgan fingerprint density at radius 1 is 1.46 bits per heavy atom. The largest absolute Gasteiger partial charge is 0.384 e. The zero-order chi connectivity index (χ0) is 8.97. The maximum atomic E-state index is 5.44. The molecule has 0 heterocycles. The zero-order valence-corrected chi connectivity index (χ0v) is 9.79. The van der Waals surface area contributed by atoms with Crippen molar-refractivity contribution in [3.63, 3.8) is 0 Å². The predicted molar refractivity (Wildman–Crippen MR) is 58.5 cm³/mol. The molecule has 1 nitrogen and oxygen atoms in total. The molecule has 0 atom stereocenters. The van der Waals surface area contributed by atoms with E-state index in [0.717, 1.165) is 6.42 Å². The van der Waals surface area contributed by atoms with Gasteiger partial charge in [0.2, 0.25) is 0 Å². The maximum Gasteiger partial charge on any atom is 0.136 e. The van der Waals surface area contributed by atoms with Crippen LogP contribution in [0.2, 0.25) is 0 Å². The molecule has 0 aliphatic heterocycles. The second-order valence-corrected chi connectivity index (χ2v) is 4.16. The van der Waals surface area contributed by atoms with E-state index in [1.807, 2.05) is 18.2 Å². The molecule has 1 radical (unpaired) electrons. The number of hydrogen-bond donors (Lipinski definition) is 1. The summed E-state index contributed by atoms with van der Waals surface area (Å²) >= 11 is 6.28. The Morgan fingerprint density at radius 3 is 2.62 bits per heavy atom. The second-order valence-electron chi connectivity index (χ2n) is 2.38. The van der Waals surface area contributed by atoms with Crippen molar-refractivity contribution in [2.75, 3.05) is 0 Å². The van der Waals surface area contributed by atoms with Gasteiger partial charge in [0.25, 0.3) is 0 Å².